The maximum absolute atomic E-state index is 15.9. The first-order valence-electron chi connectivity index (χ1n) is 21.0. The molecule has 0 radical (unpaired) electrons. The van der Waals surface area contributed by atoms with Crippen LogP contribution in [-0.4, -0.2) is 111 Å². The van der Waals surface area contributed by atoms with Crippen molar-refractivity contribution in [3.05, 3.63) is 91.0 Å². The van der Waals surface area contributed by atoms with Gasteiger partial charge in [-0.15, -0.1) is 6.58 Å². The summed E-state index contributed by atoms with van der Waals surface area (Å²) in [5.74, 6) is 0.318. The van der Waals surface area contributed by atoms with Crippen molar-refractivity contribution in [3.8, 4) is 33.8 Å². The van der Waals surface area contributed by atoms with Gasteiger partial charge >= 0.3 is 12.2 Å². The number of methoxy groups -OCH3 is 2. The Morgan fingerprint density at radius 2 is 1.45 bits per heavy atom. The summed E-state index contributed by atoms with van der Waals surface area (Å²) in [6.07, 6.45) is 8.21. The average Bonchev–Trinajstić information content (AvgIpc) is 4.15. The number of benzene rings is 2. The van der Waals surface area contributed by atoms with Crippen molar-refractivity contribution in [3.63, 3.8) is 0 Å². The number of imidazole rings is 2. The maximum atomic E-state index is 15.9. The maximum Gasteiger partial charge on any atom is 0.407 e. The second-order valence-electron chi connectivity index (χ2n) is 15.8. The summed E-state index contributed by atoms with van der Waals surface area (Å²) < 4.78 is 31.0. The van der Waals surface area contributed by atoms with E-state index in [1.807, 2.05) is 30.3 Å². The monoisotopic (exact) mass is 847 g/mol. The molecule has 5 aromatic rings. The highest BCUT2D eigenvalue weighted by Crippen LogP contribution is 2.36. The van der Waals surface area contributed by atoms with Crippen LogP contribution in [0.5, 0.6) is 0 Å². The van der Waals surface area contributed by atoms with Crippen LogP contribution in [0.3, 0.4) is 0 Å². The third-order valence-corrected chi connectivity index (χ3v) is 12.1. The Balaban J connectivity index is 0.952. The largest absolute Gasteiger partial charge is 0.453 e. The molecule has 3 aliphatic rings. The van der Waals surface area contributed by atoms with Crippen molar-refractivity contribution in [1.82, 2.24) is 45.4 Å². The van der Waals surface area contributed by atoms with Gasteiger partial charge in [0.15, 0.2) is 0 Å². The molecule has 8 rings (SSSR count). The van der Waals surface area contributed by atoms with Gasteiger partial charge in [-0.05, 0) is 81.2 Å². The van der Waals surface area contributed by atoms with Crippen LogP contribution in [0.1, 0.15) is 68.7 Å². The number of likely N-dealkylation sites (tertiary alicyclic amines) is 2. The fourth-order valence-corrected chi connectivity index (χ4v) is 8.85. The predicted octanol–water partition coefficient (Wildman–Crippen LogP) is 6.60. The Hall–Kier alpha value is -6.62. The van der Waals surface area contributed by atoms with Crippen LogP contribution >= 0.6 is 0 Å². The van der Waals surface area contributed by atoms with Crippen molar-refractivity contribution in [2.24, 2.45) is 5.92 Å². The molecular weight excluding hydrogens is 798 g/mol. The number of alkyl carbamates (subject to hydrolysis) is 2. The molecule has 2 aromatic carbocycles. The number of ether oxygens (including phenoxy) is 3. The van der Waals surface area contributed by atoms with Crippen LogP contribution in [0.4, 0.5) is 14.0 Å². The van der Waals surface area contributed by atoms with E-state index in [1.165, 1.54) is 20.3 Å². The molecule has 324 valence electrons. The highest BCUT2D eigenvalue weighted by atomic mass is 19.1. The molecule has 4 N–H and O–H groups in total. The van der Waals surface area contributed by atoms with Gasteiger partial charge in [0.05, 0.1) is 61.3 Å². The lowest BCUT2D eigenvalue weighted by Gasteiger charge is -2.34. The van der Waals surface area contributed by atoms with E-state index in [0.717, 1.165) is 35.9 Å². The molecule has 4 atom stereocenters. The Morgan fingerprint density at radius 1 is 0.839 bits per heavy atom. The summed E-state index contributed by atoms with van der Waals surface area (Å²) in [7, 11) is 2.53. The lowest BCUT2D eigenvalue weighted by molar-refractivity contribution is -0.137. The minimum Gasteiger partial charge on any atom is -0.453 e. The van der Waals surface area contributed by atoms with Crippen LogP contribution in [0.15, 0.2) is 73.6 Å². The molecule has 0 bridgehead atoms. The molecule has 3 aromatic heterocycles. The highest BCUT2D eigenvalue weighted by molar-refractivity contribution is 5.88. The summed E-state index contributed by atoms with van der Waals surface area (Å²) in [6, 6.07) is 12.3. The van der Waals surface area contributed by atoms with Crippen LogP contribution in [-0.2, 0) is 23.8 Å². The lowest BCUT2D eigenvalue weighted by Crippen LogP contribution is -2.53. The first-order chi connectivity index (χ1) is 30.1. The SMILES string of the molecule is C=CC[C@H](NC(=O)OC)C(=O)N1CCC[C@H]1c1ncc(-c2ccc3nc(-c4ccc(-c5cnc([C@@H]6CCCN6C(=O)[C@@H](NC(=O)OC)C6CCOCC6)[nH]5)cc4F)ccc3c2)[nH]1. The first-order valence-corrected chi connectivity index (χ1v) is 21.0. The van der Waals surface area contributed by atoms with Crippen LogP contribution in [0.2, 0.25) is 0 Å². The number of H-pyrrole nitrogens is 2. The number of nitrogens with one attached hydrogen (secondary N) is 4. The molecule has 6 heterocycles. The number of carbonyl (C=O) groups excluding carboxylic acids is 4. The molecule has 16 nitrogen and oxygen atoms in total. The zero-order chi connectivity index (χ0) is 43.3. The number of pyridine rings is 1. The van der Waals surface area contributed by atoms with E-state index in [1.54, 1.807) is 40.4 Å². The van der Waals surface area contributed by atoms with Crippen LogP contribution < -0.4 is 10.6 Å². The number of hydrogen-bond donors (Lipinski definition) is 4. The van der Waals surface area contributed by atoms with Gasteiger partial charge in [0.1, 0.15) is 29.5 Å². The number of aromatic nitrogens is 5. The number of halogens is 1. The van der Waals surface area contributed by atoms with E-state index in [4.69, 9.17) is 19.2 Å². The van der Waals surface area contributed by atoms with Gasteiger partial charge in [0.25, 0.3) is 0 Å². The zero-order valence-corrected chi connectivity index (χ0v) is 34.7. The number of fused-ring (bicyclic) bond motifs is 1. The van der Waals surface area contributed by atoms with Gasteiger partial charge in [0, 0.05) is 48.4 Å². The highest BCUT2D eigenvalue weighted by Gasteiger charge is 2.40. The quantitative estimate of drug-likeness (QED) is 0.0994. The lowest BCUT2D eigenvalue weighted by atomic mass is 9.90. The number of rotatable bonds is 12. The minimum absolute atomic E-state index is 0.0766. The minimum atomic E-state index is -0.793. The van der Waals surface area contributed by atoms with Gasteiger partial charge in [0.2, 0.25) is 11.8 Å². The second-order valence-corrected chi connectivity index (χ2v) is 15.8. The number of hydrogen-bond acceptors (Lipinski definition) is 10. The van der Waals surface area contributed by atoms with Crippen LogP contribution in [0.25, 0.3) is 44.7 Å². The molecular formula is C45H50FN9O7. The van der Waals surface area contributed by atoms with Crippen molar-refractivity contribution in [2.45, 2.75) is 69.1 Å². The van der Waals surface area contributed by atoms with Gasteiger partial charge in [-0.1, -0.05) is 24.3 Å². The Morgan fingerprint density at radius 3 is 2.08 bits per heavy atom. The topological polar surface area (TPSA) is 197 Å². The van der Waals surface area contributed by atoms with Crippen molar-refractivity contribution < 1.29 is 37.8 Å². The second kappa shape index (κ2) is 18.6. The predicted molar refractivity (Wildman–Crippen MR) is 227 cm³/mol. The molecule has 0 saturated carbocycles. The molecule has 3 saturated heterocycles. The van der Waals surface area contributed by atoms with Crippen molar-refractivity contribution in [1.29, 1.82) is 0 Å². The molecule has 3 fully saturated rings. The molecule has 62 heavy (non-hydrogen) atoms. The van der Waals surface area contributed by atoms with E-state index in [9.17, 15) is 19.2 Å². The van der Waals surface area contributed by atoms with Gasteiger partial charge in [-0.2, -0.15) is 0 Å². The smallest absolute Gasteiger partial charge is 0.407 e. The molecule has 4 amide bonds. The van der Waals surface area contributed by atoms with E-state index in [0.29, 0.717) is 85.2 Å². The first kappa shape index (κ1) is 42.1. The molecule has 3 aliphatic heterocycles. The molecule has 0 spiro atoms. The Labute approximate surface area is 357 Å². The van der Waals surface area contributed by atoms with E-state index in [2.05, 4.69) is 37.1 Å². The summed E-state index contributed by atoms with van der Waals surface area (Å²) in [4.78, 5) is 75.9. The zero-order valence-electron chi connectivity index (χ0n) is 34.7. The van der Waals surface area contributed by atoms with Crippen LogP contribution in [0, 0.1) is 11.7 Å². The van der Waals surface area contributed by atoms with Gasteiger partial charge < -0.3 is 44.6 Å². The fourth-order valence-electron chi connectivity index (χ4n) is 8.85. The third-order valence-electron chi connectivity index (χ3n) is 12.1. The third kappa shape index (κ3) is 8.75. The molecule has 17 heteroatoms. The summed E-state index contributed by atoms with van der Waals surface area (Å²) >= 11 is 0. The molecule has 0 unspecified atom stereocenters. The summed E-state index contributed by atoms with van der Waals surface area (Å²) in [5, 5.41) is 6.23. The average molecular weight is 848 g/mol. The van der Waals surface area contributed by atoms with E-state index >= 15 is 4.39 Å². The number of amides is 4. The summed E-state index contributed by atoms with van der Waals surface area (Å²) in [6.45, 7) is 5.83. The number of carbonyl (C=O) groups is 4. The van der Waals surface area contributed by atoms with Crippen molar-refractivity contribution >= 4 is 34.9 Å². The van der Waals surface area contributed by atoms with Gasteiger partial charge in [-0.25, -0.2) is 28.9 Å². The Bertz CT molecular complexity index is 2460. The normalized spacial score (nSPS) is 19.0. The Kier molecular flexibility index (Phi) is 12.6. The van der Waals surface area contributed by atoms with E-state index in [-0.39, 0.29) is 36.2 Å². The summed E-state index contributed by atoms with van der Waals surface area (Å²) in [5.41, 5.74) is 4.35. The molecule has 0 aliphatic carbocycles. The number of aromatic amines is 2. The van der Waals surface area contributed by atoms with E-state index < -0.39 is 30.1 Å². The standard InChI is InChI=1S/C45H50FN9O7/c1-4-7-34(52-44(58)60-2)42(56)54-18-5-8-37(54)40-47-24-35(50-40)28-11-14-32-27(22-28)12-15-33(49-32)30-13-10-29(23-31(30)46)36-25-48-41(51-36)38-9-6-19-55(38)43(57)39(53-45(59)61-3)26-16-20-62-21-17-26/h4,10-15,22-26,34,37-39H,1,5-9,16-21H2,2-3H3,(H,47,50)(H,48,51)(H,52,58)(H,53,59)/t34-,37-,38-,39-/m0/s1. The van der Waals surface area contributed by atoms with Crippen molar-refractivity contribution in [2.75, 3.05) is 40.5 Å². The number of nitrogens with zero attached hydrogens (tertiary/aromatic N) is 5. The fraction of sp³-hybridized carbons (Fsp3) is 0.400. The van der Waals surface area contributed by atoms with Gasteiger partial charge in [-0.3, -0.25) is 9.59 Å².